The van der Waals surface area contributed by atoms with Gasteiger partial charge in [-0.3, -0.25) is 14.3 Å². The number of aryl methyl sites for hydroxylation is 1. The zero-order valence-electron chi connectivity index (χ0n) is 10.0. The Bertz CT molecular complexity index is 764. The van der Waals surface area contributed by atoms with Gasteiger partial charge in [0, 0.05) is 12.4 Å². The number of carbonyl (C=O) groups excluding carboxylic acids is 1. The molecule has 3 heterocycles. The van der Waals surface area contributed by atoms with Crippen molar-refractivity contribution in [2.24, 2.45) is 0 Å². The summed E-state index contributed by atoms with van der Waals surface area (Å²) in [6, 6.07) is 5.26. The zero-order valence-corrected chi connectivity index (χ0v) is 10.8. The van der Waals surface area contributed by atoms with Gasteiger partial charge in [-0.2, -0.15) is 0 Å². The van der Waals surface area contributed by atoms with Crippen molar-refractivity contribution in [1.82, 2.24) is 19.5 Å². The van der Waals surface area contributed by atoms with Gasteiger partial charge in [0.15, 0.2) is 0 Å². The molecular formula is C13H9ClN4O. The van der Waals surface area contributed by atoms with Gasteiger partial charge >= 0.3 is 0 Å². The fourth-order valence-corrected chi connectivity index (χ4v) is 2.09. The molecule has 0 fully saturated rings. The normalized spacial score (nSPS) is 10.8. The molecule has 0 aliphatic heterocycles. The summed E-state index contributed by atoms with van der Waals surface area (Å²) in [4.78, 5) is 23.7. The molecule has 3 rings (SSSR count). The Morgan fingerprint density at radius 3 is 2.79 bits per heavy atom. The zero-order chi connectivity index (χ0) is 13.4. The minimum absolute atomic E-state index is 0.370. The van der Waals surface area contributed by atoms with Crippen LogP contribution in [0.1, 0.15) is 16.2 Å². The van der Waals surface area contributed by atoms with E-state index in [0.717, 1.165) is 16.9 Å². The van der Waals surface area contributed by atoms with Crippen molar-refractivity contribution in [1.29, 1.82) is 0 Å². The fourth-order valence-electron chi connectivity index (χ4n) is 1.98. The van der Waals surface area contributed by atoms with Gasteiger partial charge < -0.3 is 0 Å². The van der Waals surface area contributed by atoms with E-state index >= 15 is 0 Å². The highest BCUT2D eigenvalue weighted by Gasteiger charge is 2.10. The highest BCUT2D eigenvalue weighted by atomic mass is 35.5. The second kappa shape index (κ2) is 4.44. The van der Waals surface area contributed by atoms with E-state index in [9.17, 15) is 4.79 Å². The van der Waals surface area contributed by atoms with E-state index in [1.54, 1.807) is 24.5 Å². The average Bonchev–Trinajstić information content (AvgIpc) is 2.74. The summed E-state index contributed by atoms with van der Waals surface area (Å²) in [5.41, 5.74) is 2.10. The molecule has 0 unspecified atom stereocenters. The van der Waals surface area contributed by atoms with Crippen LogP contribution in [0.3, 0.4) is 0 Å². The number of carbonyl (C=O) groups is 1. The molecule has 0 saturated heterocycles. The maximum Gasteiger partial charge on any atom is 0.253 e. The Balaban J connectivity index is 2.18. The molecule has 3 aromatic heterocycles. The molecule has 6 heteroatoms. The first-order valence-corrected chi connectivity index (χ1v) is 6.00. The summed E-state index contributed by atoms with van der Waals surface area (Å²) in [5, 5.41) is -0.518. The van der Waals surface area contributed by atoms with Crippen molar-refractivity contribution in [2.75, 3.05) is 0 Å². The third kappa shape index (κ3) is 1.98. The summed E-state index contributed by atoms with van der Waals surface area (Å²) < 4.78 is 1.90. The maximum atomic E-state index is 11.0. The molecule has 0 aliphatic carbocycles. The van der Waals surface area contributed by atoms with Crippen molar-refractivity contribution >= 4 is 27.9 Å². The van der Waals surface area contributed by atoms with Crippen LogP contribution in [0, 0.1) is 6.92 Å². The van der Waals surface area contributed by atoms with Crippen LogP contribution in [0.15, 0.2) is 36.8 Å². The van der Waals surface area contributed by atoms with E-state index in [2.05, 4.69) is 15.0 Å². The van der Waals surface area contributed by atoms with Gasteiger partial charge in [0.05, 0.1) is 17.3 Å². The van der Waals surface area contributed by atoms with E-state index in [1.807, 2.05) is 17.6 Å². The number of hydrogen-bond donors (Lipinski definition) is 0. The van der Waals surface area contributed by atoms with E-state index < -0.39 is 5.24 Å². The van der Waals surface area contributed by atoms with Gasteiger partial charge in [-0.05, 0) is 36.7 Å². The number of halogens is 1. The molecule has 0 amide bonds. The summed E-state index contributed by atoms with van der Waals surface area (Å²) in [5.74, 6) is 1.49. The van der Waals surface area contributed by atoms with Crippen molar-refractivity contribution in [3.63, 3.8) is 0 Å². The largest absolute Gasteiger partial charge is 0.280 e. The second-order valence-corrected chi connectivity index (χ2v) is 4.38. The molecule has 0 aromatic carbocycles. The number of imidazole rings is 1. The standard InChI is InChI=1S/C13H9ClN4O/c1-8-17-10-7-15-5-4-11(10)18(8)12-3-2-9(6-16-12)13(14)19/h2-7H,1H3. The Morgan fingerprint density at radius 1 is 1.26 bits per heavy atom. The maximum absolute atomic E-state index is 11.0. The topological polar surface area (TPSA) is 60.7 Å². The number of nitrogens with zero attached hydrogens (tertiary/aromatic N) is 4. The van der Waals surface area contributed by atoms with Gasteiger partial charge in [-0.1, -0.05) is 0 Å². The predicted molar refractivity (Wildman–Crippen MR) is 71.6 cm³/mol. The van der Waals surface area contributed by atoms with E-state index in [4.69, 9.17) is 11.6 Å². The highest BCUT2D eigenvalue weighted by molar-refractivity contribution is 6.67. The van der Waals surface area contributed by atoms with Crippen LogP contribution < -0.4 is 0 Å². The first-order valence-electron chi connectivity index (χ1n) is 5.62. The minimum atomic E-state index is -0.518. The van der Waals surface area contributed by atoms with Crippen molar-refractivity contribution < 1.29 is 4.79 Å². The van der Waals surface area contributed by atoms with E-state index in [-0.39, 0.29) is 0 Å². The molecular weight excluding hydrogens is 264 g/mol. The number of pyridine rings is 2. The van der Waals surface area contributed by atoms with Crippen molar-refractivity contribution in [2.45, 2.75) is 6.92 Å². The molecule has 0 radical (unpaired) electrons. The molecule has 0 N–H and O–H groups in total. The van der Waals surface area contributed by atoms with Gasteiger partial charge in [0.1, 0.15) is 17.2 Å². The summed E-state index contributed by atoms with van der Waals surface area (Å²) in [6.07, 6.45) is 4.86. The average molecular weight is 273 g/mol. The summed E-state index contributed by atoms with van der Waals surface area (Å²) >= 11 is 5.40. The van der Waals surface area contributed by atoms with Crippen LogP contribution in [0.4, 0.5) is 0 Å². The van der Waals surface area contributed by atoms with Crippen LogP contribution in [0.2, 0.25) is 0 Å². The molecule has 0 saturated carbocycles. The van der Waals surface area contributed by atoms with Gasteiger partial charge in [-0.15, -0.1) is 0 Å². The first-order chi connectivity index (χ1) is 9.16. The second-order valence-electron chi connectivity index (χ2n) is 4.04. The highest BCUT2D eigenvalue weighted by Crippen LogP contribution is 2.19. The van der Waals surface area contributed by atoms with Crippen LogP contribution in [-0.4, -0.2) is 24.8 Å². The van der Waals surface area contributed by atoms with Gasteiger partial charge in [-0.25, -0.2) is 9.97 Å². The monoisotopic (exact) mass is 272 g/mol. The van der Waals surface area contributed by atoms with E-state index in [0.29, 0.717) is 11.4 Å². The SMILES string of the molecule is Cc1nc2cnccc2n1-c1ccc(C(=O)Cl)cn1. The molecule has 19 heavy (non-hydrogen) atoms. The Morgan fingerprint density at radius 2 is 2.11 bits per heavy atom. The Labute approximate surface area is 113 Å². The lowest BCUT2D eigenvalue weighted by molar-refractivity contribution is 0.108. The Kier molecular flexibility index (Phi) is 2.76. The van der Waals surface area contributed by atoms with Crippen LogP contribution in [0.25, 0.3) is 16.9 Å². The molecule has 0 atom stereocenters. The van der Waals surface area contributed by atoms with Gasteiger partial charge in [0.25, 0.3) is 5.24 Å². The van der Waals surface area contributed by atoms with Gasteiger partial charge in [0.2, 0.25) is 0 Å². The first kappa shape index (κ1) is 11.8. The Hall–Kier alpha value is -2.27. The smallest absolute Gasteiger partial charge is 0.253 e. The summed E-state index contributed by atoms with van der Waals surface area (Å²) in [7, 11) is 0. The predicted octanol–water partition coefficient (Wildman–Crippen LogP) is 2.50. The molecule has 3 aromatic rings. The van der Waals surface area contributed by atoms with Crippen LogP contribution in [-0.2, 0) is 0 Å². The number of aromatic nitrogens is 4. The molecule has 0 aliphatic rings. The molecule has 0 spiro atoms. The van der Waals surface area contributed by atoms with Crippen molar-refractivity contribution in [3.8, 4) is 5.82 Å². The van der Waals surface area contributed by atoms with Crippen LogP contribution >= 0.6 is 11.6 Å². The lowest BCUT2D eigenvalue weighted by Crippen LogP contribution is -2.01. The number of hydrogen-bond acceptors (Lipinski definition) is 4. The quantitative estimate of drug-likeness (QED) is 0.673. The van der Waals surface area contributed by atoms with Crippen molar-refractivity contribution in [3.05, 3.63) is 48.2 Å². The molecule has 0 bridgehead atoms. The minimum Gasteiger partial charge on any atom is -0.280 e. The molecule has 94 valence electrons. The van der Waals surface area contributed by atoms with Crippen LogP contribution in [0.5, 0.6) is 0 Å². The number of rotatable bonds is 2. The lowest BCUT2D eigenvalue weighted by atomic mass is 10.3. The lowest BCUT2D eigenvalue weighted by Gasteiger charge is -2.05. The van der Waals surface area contributed by atoms with E-state index in [1.165, 1.54) is 6.20 Å². The number of fused-ring (bicyclic) bond motifs is 1. The third-order valence-electron chi connectivity index (χ3n) is 2.83. The fraction of sp³-hybridized carbons (Fsp3) is 0.0769. The summed E-state index contributed by atoms with van der Waals surface area (Å²) in [6.45, 7) is 1.89. The third-order valence-corrected chi connectivity index (χ3v) is 3.05. The molecule has 5 nitrogen and oxygen atoms in total.